The molecule has 0 saturated carbocycles. The van der Waals surface area contributed by atoms with Gasteiger partial charge < -0.3 is 0 Å². The fraction of sp³-hybridized carbons (Fsp3) is 1.00. The highest BCUT2D eigenvalue weighted by atomic mass is 32.2. The molecule has 0 spiro atoms. The fourth-order valence-electron chi connectivity index (χ4n) is 0.764. The van der Waals surface area contributed by atoms with Crippen molar-refractivity contribution in [1.82, 2.24) is 4.72 Å². The minimum absolute atomic E-state index is 0.00463. The van der Waals surface area contributed by atoms with Gasteiger partial charge in [0.25, 0.3) is 0 Å². The second kappa shape index (κ2) is 2.72. The molecule has 7 heteroatoms. The van der Waals surface area contributed by atoms with Gasteiger partial charge >= 0.3 is 0 Å². The summed E-state index contributed by atoms with van der Waals surface area (Å²) in [6.45, 7) is 0.00463. The molecule has 0 unspecified atom stereocenters. The Hall–Kier alpha value is -0.140. The van der Waals surface area contributed by atoms with E-state index in [-0.39, 0.29) is 23.8 Å². The van der Waals surface area contributed by atoms with Crippen LogP contribution in [-0.4, -0.2) is 40.6 Å². The van der Waals surface area contributed by atoms with Crippen LogP contribution in [0.4, 0.5) is 0 Å². The molecule has 1 heterocycles. The molecule has 1 saturated heterocycles. The van der Waals surface area contributed by atoms with Crippen LogP contribution in [0.15, 0.2) is 0 Å². The van der Waals surface area contributed by atoms with E-state index in [4.69, 9.17) is 0 Å². The molecule has 1 aliphatic heterocycles. The first-order valence-corrected chi connectivity index (χ1v) is 6.56. The fourth-order valence-corrected chi connectivity index (χ4v) is 3.96. The Bertz CT molecular complexity index is 293. The summed E-state index contributed by atoms with van der Waals surface area (Å²) in [5.41, 5.74) is 0. The zero-order chi connectivity index (χ0) is 8.54. The van der Waals surface area contributed by atoms with Gasteiger partial charge in [0.2, 0.25) is 10.0 Å². The number of sulfonamides is 1. The van der Waals surface area contributed by atoms with Gasteiger partial charge in [0.05, 0.1) is 17.3 Å². The summed E-state index contributed by atoms with van der Waals surface area (Å²) in [5, 5.41) is 0. The van der Waals surface area contributed by atoms with Crippen LogP contribution in [-0.2, 0) is 19.9 Å². The molecule has 0 aromatic heterocycles. The molecule has 1 aliphatic rings. The highest BCUT2D eigenvalue weighted by molar-refractivity contribution is 7.94. The van der Waals surface area contributed by atoms with Crippen LogP contribution in [0.2, 0.25) is 0 Å². The molecule has 0 bridgehead atoms. The van der Waals surface area contributed by atoms with Gasteiger partial charge in [0, 0.05) is 6.54 Å². The zero-order valence-electron chi connectivity index (χ0n) is 5.78. The van der Waals surface area contributed by atoms with Crippen molar-refractivity contribution in [3.8, 4) is 0 Å². The van der Waals surface area contributed by atoms with E-state index in [0.29, 0.717) is 0 Å². The van der Waals surface area contributed by atoms with Gasteiger partial charge in [-0.25, -0.2) is 21.6 Å². The van der Waals surface area contributed by atoms with Gasteiger partial charge in [0.15, 0.2) is 9.84 Å². The molecular formula is C4H9NO4S2. The van der Waals surface area contributed by atoms with Gasteiger partial charge in [-0.2, -0.15) is 0 Å². The molecule has 1 fully saturated rings. The lowest BCUT2D eigenvalue weighted by Crippen LogP contribution is -2.26. The first kappa shape index (κ1) is 8.95. The first-order chi connectivity index (χ1) is 4.91. The lowest BCUT2D eigenvalue weighted by molar-refractivity contribution is 0.586. The van der Waals surface area contributed by atoms with Gasteiger partial charge in [-0.15, -0.1) is 0 Å². The van der Waals surface area contributed by atoms with Crippen molar-refractivity contribution < 1.29 is 16.8 Å². The summed E-state index contributed by atoms with van der Waals surface area (Å²) in [6.07, 6.45) is 0. The third-order valence-electron chi connectivity index (χ3n) is 1.40. The Kier molecular flexibility index (Phi) is 2.22. The van der Waals surface area contributed by atoms with Gasteiger partial charge in [-0.05, 0) is 0 Å². The highest BCUT2D eigenvalue weighted by Gasteiger charge is 2.21. The molecule has 0 atom stereocenters. The zero-order valence-corrected chi connectivity index (χ0v) is 7.41. The normalized spacial score (nSPS) is 29.1. The Morgan fingerprint density at radius 2 is 1.55 bits per heavy atom. The summed E-state index contributed by atoms with van der Waals surface area (Å²) < 4.78 is 45.4. The predicted molar refractivity (Wildman–Crippen MR) is 40.4 cm³/mol. The van der Waals surface area contributed by atoms with E-state index in [1.54, 1.807) is 0 Å². The van der Waals surface area contributed by atoms with Crippen LogP contribution < -0.4 is 4.72 Å². The molecule has 1 N–H and O–H groups in total. The van der Waals surface area contributed by atoms with E-state index >= 15 is 0 Å². The van der Waals surface area contributed by atoms with E-state index in [0.717, 1.165) is 0 Å². The van der Waals surface area contributed by atoms with E-state index in [1.807, 2.05) is 0 Å². The largest absolute Gasteiger partial charge is 0.229 e. The summed E-state index contributed by atoms with van der Waals surface area (Å²) in [5.74, 6) is -0.663. The van der Waals surface area contributed by atoms with Crippen LogP contribution in [0.1, 0.15) is 0 Å². The van der Waals surface area contributed by atoms with Crippen molar-refractivity contribution in [1.29, 1.82) is 0 Å². The summed E-state index contributed by atoms with van der Waals surface area (Å²) in [7, 11) is -6.45. The van der Waals surface area contributed by atoms with Crippen LogP contribution in [0, 0.1) is 0 Å². The maximum absolute atomic E-state index is 10.9. The summed E-state index contributed by atoms with van der Waals surface area (Å²) in [4.78, 5) is 0. The number of hydrogen-bond donors (Lipinski definition) is 1. The van der Waals surface area contributed by atoms with Gasteiger partial charge in [-0.3, -0.25) is 0 Å². The second-order valence-corrected chi connectivity index (χ2v) is 6.60. The van der Waals surface area contributed by atoms with E-state index in [1.165, 1.54) is 0 Å². The molecule has 11 heavy (non-hydrogen) atoms. The standard InChI is InChI=1S/C4H9NO4S2/c6-10(7)2-1-5-11(8,9)4-3-10/h5H,1-4H2. The molecular weight excluding hydrogens is 190 g/mol. The average molecular weight is 199 g/mol. The average Bonchev–Trinajstić information content (AvgIpc) is 1.92. The number of nitrogens with one attached hydrogen (secondary N) is 1. The van der Waals surface area contributed by atoms with Crippen molar-refractivity contribution in [3.05, 3.63) is 0 Å². The predicted octanol–water partition coefficient (Wildman–Crippen LogP) is -1.67. The quantitative estimate of drug-likeness (QED) is 0.506. The number of sulfone groups is 1. The van der Waals surface area contributed by atoms with Gasteiger partial charge in [0.1, 0.15) is 0 Å². The monoisotopic (exact) mass is 199 g/mol. The van der Waals surface area contributed by atoms with Crippen LogP contribution in [0.25, 0.3) is 0 Å². The van der Waals surface area contributed by atoms with Gasteiger partial charge in [-0.1, -0.05) is 0 Å². The lowest BCUT2D eigenvalue weighted by atomic mass is 10.8. The Morgan fingerprint density at radius 1 is 0.909 bits per heavy atom. The smallest absolute Gasteiger partial charge is 0.212 e. The summed E-state index contributed by atoms with van der Waals surface area (Å²) in [6, 6.07) is 0. The number of rotatable bonds is 0. The van der Waals surface area contributed by atoms with Crippen molar-refractivity contribution in [2.75, 3.05) is 23.8 Å². The third-order valence-corrected chi connectivity index (χ3v) is 4.69. The Morgan fingerprint density at radius 3 is 2.18 bits per heavy atom. The van der Waals surface area contributed by atoms with Crippen LogP contribution in [0.5, 0.6) is 0 Å². The minimum atomic E-state index is -3.32. The minimum Gasteiger partial charge on any atom is -0.229 e. The topological polar surface area (TPSA) is 80.3 Å². The van der Waals surface area contributed by atoms with Crippen molar-refractivity contribution in [3.63, 3.8) is 0 Å². The lowest BCUT2D eigenvalue weighted by Gasteiger charge is -1.95. The molecule has 5 nitrogen and oxygen atoms in total. The molecule has 66 valence electrons. The highest BCUT2D eigenvalue weighted by Crippen LogP contribution is 1.97. The molecule has 0 radical (unpaired) electrons. The maximum atomic E-state index is 10.9. The Labute approximate surface area is 65.8 Å². The van der Waals surface area contributed by atoms with E-state index in [9.17, 15) is 16.8 Å². The summed E-state index contributed by atoms with van der Waals surface area (Å²) >= 11 is 0. The first-order valence-electron chi connectivity index (χ1n) is 3.09. The van der Waals surface area contributed by atoms with Crippen molar-refractivity contribution >= 4 is 19.9 Å². The van der Waals surface area contributed by atoms with Crippen LogP contribution in [0.3, 0.4) is 0 Å². The maximum Gasteiger partial charge on any atom is 0.212 e. The molecule has 0 amide bonds. The molecule has 0 aromatic rings. The third kappa shape index (κ3) is 2.76. The van der Waals surface area contributed by atoms with E-state index < -0.39 is 19.9 Å². The van der Waals surface area contributed by atoms with Crippen LogP contribution >= 0.6 is 0 Å². The SMILES string of the molecule is O=S1(=O)CCNS(=O)(=O)CC1. The van der Waals surface area contributed by atoms with Crippen molar-refractivity contribution in [2.24, 2.45) is 0 Å². The molecule has 0 aliphatic carbocycles. The molecule has 1 rings (SSSR count). The van der Waals surface area contributed by atoms with E-state index in [2.05, 4.69) is 4.72 Å². The Balaban J connectivity index is 2.84. The number of hydrogen-bond acceptors (Lipinski definition) is 4. The molecule has 0 aromatic carbocycles. The van der Waals surface area contributed by atoms with Crippen molar-refractivity contribution in [2.45, 2.75) is 0 Å². The second-order valence-electron chi connectivity index (χ2n) is 2.37.